The number of hydrogen-bond donors (Lipinski definition) is 11. The van der Waals surface area contributed by atoms with E-state index in [4.69, 9.17) is 24.8 Å². The lowest BCUT2D eigenvalue weighted by Gasteiger charge is -2.34. The number of unbranched alkanes of at least 4 members (excludes halogenated alkanes) is 11. The minimum absolute atomic E-state index is 0.188. The van der Waals surface area contributed by atoms with E-state index in [1.165, 1.54) is 51.4 Å². The highest BCUT2D eigenvalue weighted by Crippen LogP contribution is 2.23. The van der Waals surface area contributed by atoms with E-state index >= 15 is 0 Å². The first-order valence-corrected chi connectivity index (χ1v) is 19.4. The highest BCUT2D eigenvalue weighted by molar-refractivity contribution is 5.67. The average Bonchev–Trinajstić information content (AvgIpc) is 3.17. The fourth-order valence-electron chi connectivity index (χ4n) is 4.26. The summed E-state index contributed by atoms with van der Waals surface area (Å²) in [5, 5.41) is 99.2. The lowest BCUT2D eigenvalue weighted by Crippen LogP contribution is -2.45. The maximum absolute atomic E-state index is 10.1. The molecule has 326 valence electrons. The van der Waals surface area contributed by atoms with Gasteiger partial charge in [-0.3, -0.25) is 14.4 Å². The molecule has 16 heteroatoms. The monoisotopic (exact) mass is 791 g/mol. The number of aliphatic carboxylic acids is 3. The topological polar surface area (TPSA) is 292 Å². The van der Waals surface area contributed by atoms with Gasteiger partial charge in [0.05, 0.1) is 95.5 Å². The molecule has 16 nitrogen and oxygen atoms in total. The molecule has 0 aromatic carbocycles. The van der Waals surface area contributed by atoms with Crippen molar-refractivity contribution in [1.29, 1.82) is 0 Å². The normalized spacial score (nSPS) is 11.4. The van der Waals surface area contributed by atoms with Gasteiger partial charge in [-0.25, -0.2) is 0 Å². The van der Waals surface area contributed by atoms with Crippen molar-refractivity contribution in [2.24, 2.45) is 16.2 Å². The lowest BCUT2D eigenvalue weighted by molar-refractivity contribution is -0.138. The molecule has 0 fully saturated rings. The van der Waals surface area contributed by atoms with E-state index < -0.39 is 87.0 Å². The Kier molecular flexibility index (Phi) is 44.2. The SMILES string of the molecule is CCCCC(=O)O.CCCCCCCC(=O)O.CCCCCCCCCC(=O)O.OCC(CO)(CO)COCC(CO)(CO)COCC(CO)(CO)CO. The van der Waals surface area contributed by atoms with E-state index in [1.54, 1.807) is 0 Å². The van der Waals surface area contributed by atoms with Crippen LogP contribution in [-0.2, 0) is 23.9 Å². The molecule has 0 bridgehead atoms. The van der Waals surface area contributed by atoms with E-state index in [1.807, 2.05) is 6.92 Å². The molecule has 0 radical (unpaired) electrons. The van der Waals surface area contributed by atoms with Gasteiger partial charge in [0.1, 0.15) is 0 Å². The van der Waals surface area contributed by atoms with Crippen LogP contribution < -0.4 is 0 Å². The number of carboxylic acid groups (broad SMARTS) is 3. The van der Waals surface area contributed by atoms with Crippen LogP contribution in [0.5, 0.6) is 0 Å². The number of aliphatic hydroxyl groups excluding tert-OH is 8. The Balaban J connectivity index is -0.000000355. The van der Waals surface area contributed by atoms with Gasteiger partial charge in [-0.1, -0.05) is 91.4 Å². The summed E-state index contributed by atoms with van der Waals surface area (Å²) in [7, 11) is 0. The first-order chi connectivity index (χ1) is 25.7. The van der Waals surface area contributed by atoms with Crippen molar-refractivity contribution in [3.63, 3.8) is 0 Å². The van der Waals surface area contributed by atoms with Gasteiger partial charge in [0.15, 0.2) is 0 Å². The van der Waals surface area contributed by atoms with Gasteiger partial charge in [0.25, 0.3) is 0 Å². The summed E-state index contributed by atoms with van der Waals surface area (Å²) in [5.74, 6) is -2.03. The molecule has 0 unspecified atom stereocenters. The van der Waals surface area contributed by atoms with Crippen LogP contribution in [0.15, 0.2) is 0 Å². The zero-order valence-electron chi connectivity index (χ0n) is 33.5. The predicted octanol–water partition coefficient (Wildman–Crippen LogP) is 2.82. The molecule has 0 spiro atoms. The zero-order chi connectivity index (χ0) is 42.2. The second-order valence-corrected chi connectivity index (χ2v) is 14.1. The third-order valence-corrected chi connectivity index (χ3v) is 8.55. The molecule has 0 saturated carbocycles. The Morgan fingerprint density at radius 1 is 0.352 bits per heavy atom. The van der Waals surface area contributed by atoms with E-state index in [-0.39, 0.29) is 26.4 Å². The maximum Gasteiger partial charge on any atom is 0.303 e. The van der Waals surface area contributed by atoms with Crippen LogP contribution in [0.4, 0.5) is 0 Å². The molecular formula is C38H78O16. The molecule has 0 aliphatic heterocycles. The molecule has 0 rings (SSSR count). The molecular weight excluding hydrogens is 712 g/mol. The van der Waals surface area contributed by atoms with Crippen molar-refractivity contribution in [1.82, 2.24) is 0 Å². The van der Waals surface area contributed by atoms with Gasteiger partial charge in [-0.05, 0) is 19.3 Å². The number of carbonyl (C=O) groups is 3. The molecule has 0 aromatic rings. The third-order valence-electron chi connectivity index (χ3n) is 8.55. The van der Waals surface area contributed by atoms with Crippen molar-refractivity contribution < 1.29 is 80.0 Å². The first kappa shape index (κ1) is 58.7. The highest BCUT2D eigenvalue weighted by atomic mass is 16.5. The van der Waals surface area contributed by atoms with E-state index in [0.717, 1.165) is 38.5 Å². The van der Waals surface area contributed by atoms with Crippen LogP contribution >= 0.6 is 0 Å². The summed E-state index contributed by atoms with van der Waals surface area (Å²) in [6, 6.07) is 0. The van der Waals surface area contributed by atoms with Gasteiger partial charge in [-0.15, -0.1) is 0 Å². The average molecular weight is 791 g/mol. The van der Waals surface area contributed by atoms with E-state index in [0.29, 0.717) is 19.3 Å². The van der Waals surface area contributed by atoms with Crippen molar-refractivity contribution in [3.05, 3.63) is 0 Å². The molecule has 0 heterocycles. The molecule has 0 atom stereocenters. The second-order valence-electron chi connectivity index (χ2n) is 14.1. The molecule has 0 amide bonds. The predicted molar refractivity (Wildman–Crippen MR) is 204 cm³/mol. The fourth-order valence-corrected chi connectivity index (χ4v) is 4.26. The van der Waals surface area contributed by atoms with Crippen molar-refractivity contribution in [2.45, 2.75) is 130 Å². The fraction of sp³-hybridized carbons (Fsp3) is 0.921. The Labute approximate surface area is 323 Å². The third kappa shape index (κ3) is 35.7. The quantitative estimate of drug-likeness (QED) is 0.0426. The Morgan fingerprint density at radius 3 is 0.796 bits per heavy atom. The van der Waals surface area contributed by atoms with Crippen LogP contribution in [0, 0.1) is 16.2 Å². The van der Waals surface area contributed by atoms with Crippen molar-refractivity contribution in [2.75, 3.05) is 79.3 Å². The summed E-state index contributed by atoms with van der Waals surface area (Å²) in [6.45, 7) is 1.50. The number of hydrogen-bond acceptors (Lipinski definition) is 13. The van der Waals surface area contributed by atoms with Crippen LogP contribution in [0.25, 0.3) is 0 Å². The summed E-state index contributed by atoms with van der Waals surface area (Å²) in [5.41, 5.74) is -3.69. The largest absolute Gasteiger partial charge is 0.481 e. The molecule has 11 N–H and O–H groups in total. The van der Waals surface area contributed by atoms with Crippen LogP contribution in [0.3, 0.4) is 0 Å². The van der Waals surface area contributed by atoms with E-state index in [2.05, 4.69) is 13.8 Å². The van der Waals surface area contributed by atoms with Crippen molar-refractivity contribution in [3.8, 4) is 0 Å². The first-order valence-electron chi connectivity index (χ1n) is 19.4. The standard InChI is InChI=1S/C15H32O10.C10H20O2.C8H16O2.C5H10O2/c16-1-13(2-17,3-18)9-24-11-15(7-22,8-23)12-25-10-14(4-19,5-20)6-21;1-2-3-4-5-6-7-8-9-10(11)12;1-2-3-4-5-6-7-8(9)10;1-2-3-4-5(6)7/h16-23H,1-12H2;2-9H2,1H3,(H,11,12);2-7H2,1H3,(H,9,10);2-4H2,1H3,(H,6,7). The molecule has 0 aliphatic carbocycles. The van der Waals surface area contributed by atoms with Gasteiger partial charge < -0.3 is 65.6 Å². The molecule has 54 heavy (non-hydrogen) atoms. The van der Waals surface area contributed by atoms with Gasteiger partial charge in [-0.2, -0.15) is 0 Å². The summed E-state index contributed by atoms with van der Waals surface area (Å²) < 4.78 is 10.7. The second kappa shape index (κ2) is 40.7. The van der Waals surface area contributed by atoms with E-state index in [9.17, 15) is 55.2 Å². The van der Waals surface area contributed by atoms with Gasteiger partial charge in [0, 0.05) is 19.3 Å². The van der Waals surface area contributed by atoms with Crippen LogP contribution in [0.2, 0.25) is 0 Å². The lowest BCUT2D eigenvalue weighted by atomic mass is 9.90. The number of ether oxygens (including phenoxy) is 2. The van der Waals surface area contributed by atoms with Gasteiger partial charge >= 0.3 is 17.9 Å². The molecule has 0 aliphatic rings. The zero-order valence-corrected chi connectivity index (χ0v) is 33.5. The van der Waals surface area contributed by atoms with Crippen LogP contribution in [-0.4, -0.2) is 153 Å². The minimum atomic E-state index is -1.24. The molecule has 0 saturated heterocycles. The minimum Gasteiger partial charge on any atom is -0.481 e. The number of aliphatic hydroxyl groups is 8. The Morgan fingerprint density at radius 2 is 0.574 bits per heavy atom. The van der Waals surface area contributed by atoms with Crippen LogP contribution in [0.1, 0.15) is 130 Å². The highest BCUT2D eigenvalue weighted by Gasteiger charge is 2.35. The Bertz CT molecular complexity index is 786. The smallest absolute Gasteiger partial charge is 0.303 e. The van der Waals surface area contributed by atoms with Gasteiger partial charge in [0.2, 0.25) is 0 Å². The number of carboxylic acids is 3. The Hall–Kier alpha value is -1.99. The maximum atomic E-state index is 10.1. The summed E-state index contributed by atoms with van der Waals surface area (Å²) in [6.07, 6.45) is 16.6. The summed E-state index contributed by atoms with van der Waals surface area (Å²) in [4.78, 5) is 29.9. The number of rotatable bonds is 33. The molecule has 0 aromatic heterocycles. The summed E-state index contributed by atoms with van der Waals surface area (Å²) >= 11 is 0. The van der Waals surface area contributed by atoms with Crippen molar-refractivity contribution >= 4 is 17.9 Å².